The predicted molar refractivity (Wildman–Crippen MR) is 323 cm³/mol. The molecule has 0 aliphatic carbocycles. The van der Waals surface area contributed by atoms with Crippen LogP contribution in [0.2, 0.25) is 0 Å². The number of aromatic nitrogens is 6. The number of rotatable bonds is 0. The van der Waals surface area contributed by atoms with E-state index in [2.05, 4.69) is 286 Å². The first-order chi connectivity index (χ1) is 34.3. The third-order valence-corrected chi connectivity index (χ3v) is 11.9. The molecule has 0 radical (unpaired) electrons. The fourth-order valence-corrected chi connectivity index (χ4v) is 6.85. The summed E-state index contributed by atoms with van der Waals surface area (Å²) in [6, 6.07) is 2.06. The first kappa shape index (κ1) is 71.3. The summed E-state index contributed by atoms with van der Waals surface area (Å²) in [5.41, 5.74) is 7.31. The van der Waals surface area contributed by atoms with Crippen LogP contribution in [0.1, 0.15) is 318 Å². The summed E-state index contributed by atoms with van der Waals surface area (Å²) >= 11 is 0. The van der Waals surface area contributed by atoms with E-state index in [1.54, 1.807) is 18.9 Å². The zero-order valence-electron chi connectivity index (χ0n) is 56.6. The molecule has 0 saturated heterocycles. The van der Waals surface area contributed by atoms with Crippen LogP contribution in [0.3, 0.4) is 0 Å². The molecule has 78 heavy (non-hydrogen) atoms. The average molecular weight is 1090 g/mol. The summed E-state index contributed by atoms with van der Waals surface area (Å²) in [6.07, 6.45) is 8.74. The number of nitrogens with zero attached hydrogens (tertiary/aromatic N) is 6. The van der Waals surface area contributed by atoms with Crippen molar-refractivity contribution in [2.75, 3.05) is 0 Å². The molecule has 0 spiro atoms. The van der Waals surface area contributed by atoms with Crippen molar-refractivity contribution >= 4 is 0 Å². The van der Waals surface area contributed by atoms with Gasteiger partial charge in [-0.25, -0.2) is 15.0 Å². The molecule has 444 valence electrons. The maximum Gasteiger partial charge on any atom is 0.199 e. The zero-order valence-corrected chi connectivity index (χ0v) is 56.6. The Morgan fingerprint density at radius 3 is 1.06 bits per heavy atom. The predicted octanol–water partition coefficient (Wildman–Crippen LogP) is 19.6. The van der Waals surface area contributed by atoms with Crippen LogP contribution in [-0.2, 0) is 65.0 Å². The van der Waals surface area contributed by atoms with Gasteiger partial charge in [-0.3, -0.25) is 0 Å². The SMILES string of the molecule is CC(C)(C)c1cc(C(C)(C)C)on1.CC(C)(C)c1cnc(C(C)(C)C)o1.CC(C)(C)c1cnoc1C(C)(C)C.CC(C)(C)c1coc(C(C)(C)C)n1.CC(C)(C)c1conc1C(C)(C)C.CC(C)(C)c1ncoc1C(C)(C)C. The van der Waals surface area contributed by atoms with E-state index in [-0.39, 0.29) is 65.0 Å². The molecular weight excluding hydrogens is 973 g/mol. The highest BCUT2D eigenvalue weighted by molar-refractivity contribution is 5.29. The highest BCUT2D eigenvalue weighted by Crippen LogP contribution is 2.36. The molecule has 12 nitrogen and oxygen atoms in total. The van der Waals surface area contributed by atoms with Crippen molar-refractivity contribution in [2.24, 2.45) is 0 Å². The van der Waals surface area contributed by atoms with Crippen LogP contribution in [0, 0.1) is 0 Å². The van der Waals surface area contributed by atoms with Gasteiger partial charge in [0.05, 0.1) is 35.2 Å². The van der Waals surface area contributed by atoms with Gasteiger partial charge in [-0.1, -0.05) is 265 Å². The number of hydrogen-bond acceptors (Lipinski definition) is 12. The molecule has 0 fully saturated rings. The Labute approximate surface area is 475 Å². The Kier molecular flexibility index (Phi) is 22.8. The highest BCUT2D eigenvalue weighted by atomic mass is 16.5. The summed E-state index contributed by atoms with van der Waals surface area (Å²) in [7, 11) is 0. The van der Waals surface area contributed by atoms with Gasteiger partial charge in [0.15, 0.2) is 18.2 Å². The molecule has 6 rings (SSSR count). The Balaban J connectivity index is 0.000000468. The summed E-state index contributed by atoms with van der Waals surface area (Å²) in [5.74, 6) is 5.55. The fourth-order valence-electron chi connectivity index (χ4n) is 6.85. The van der Waals surface area contributed by atoms with Crippen molar-refractivity contribution < 1.29 is 26.8 Å². The molecule has 0 atom stereocenters. The van der Waals surface area contributed by atoms with Crippen LogP contribution in [0.25, 0.3) is 0 Å². The van der Waals surface area contributed by atoms with Gasteiger partial charge in [0.25, 0.3) is 0 Å². The average Bonchev–Trinajstić information content (AvgIpc) is 4.06. The van der Waals surface area contributed by atoms with E-state index in [0.717, 1.165) is 57.6 Å². The Morgan fingerprint density at radius 2 is 0.795 bits per heavy atom. The molecule has 6 heterocycles. The minimum absolute atomic E-state index is 0.00347. The van der Waals surface area contributed by atoms with Crippen LogP contribution in [0.4, 0.5) is 0 Å². The van der Waals surface area contributed by atoms with Gasteiger partial charge >= 0.3 is 0 Å². The van der Waals surface area contributed by atoms with Crippen molar-refractivity contribution in [3.63, 3.8) is 0 Å². The lowest BCUT2D eigenvalue weighted by Gasteiger charge is -2.23. The summed E-state index contributed by atoms with van der Waals surface area (Å²) in [4.78, 5) is 13.1. The maximum atomic E-state index is 5.70. The normalized spacial score (nSPS) is 13.4. The van der Waals surface area contributed by atoms with E-state index in [9.17, 15) is 0 Å². The molecule has 0 amide bonds. The third-order valence-electron chi connectivity index (χ3n) is 11.9. The first-order valence-corrected chi connectivity index (χ1v) is 28.1. The molecule has 6 aromatic heterocycles. The van der Waals surface area contributed by atoms with Crippen molar-refractivity contribution in [1.82, 2.24) is 30.4 Å². The quantitative estimate of drug-likeness (QED) is 0.142. The fraction of sp³-hybridized carbons (Fsp3) is 0.727. The van der Waals surface area contributed by atoms with Crippen molar-refractivity contribution in [2.45, 2.75) is 314 Å². The van der Waals surface area contributed by atoms with E-state index in [1.807, 2.05) is 12.4 Å². The van der Waals surface area contributed by atoms with Crippen molar-refractivity contribution in [3.8, 4) is 0 Å². The lowest BCUT2D eigenvalue weighted by Crippen LogP contribution is -2.20. The number of oxazole rings is 3. The van der Waals surface area contributed by atoms with Crippen LogP contribution in [-0.4, -0.2) is 30.4 Å². The van der Waals surface area contributed by atoms with Crippen LogP contribution in [0.5, 0.6) is 0 Å². The molecule has 0 bridgehead atoms. The van der Waals surface area contributed by atoms with Crippen LogP contribution >= 0.6 is 0 Å². The molecule has 6 aromatic rings. The van der Waals surface area contributed by atoms with Crippen LogP contribution < -0.4 is 0 Å². The largest absolute Gasteiger partial charge is 0.448 e. The Hall–Kier alpha value is -4.74. The molecule has 0 aliphatic rings. The molecule has 12 heteroatoms. The molecular formula is C66H114N6O6. The molecule has 0 N–H and O–H groups in total. The summed E-state index contributed by atoms with van der Waals surface area (Å²) in [6.45, 7) is 77.0. The maximum absolute atomic E-state index is 5.70. The standard InChI is InChI=1S/6C11H19NO/c1-10(2,3)8-9(11(4,5)6)13-7-12-8;1-10(2,3)8-7-13-9(12-8)11(4,5)6;1-10(2,3)8-7-12-9(13-8)11(4,5)6;1-10(2,3)8-7-13-12-9(8)11(4,5)6;1-10(2,3)8-7-12-13-9(8)11(4,5)6;1-10(2,3)8-7-9(13-12-8)11(4,5)6/h6*7H,1-6H3. The van der Waals surface area contributed by atoms with Crippen molar-refractivity contribution in [3.05, 3.63) is 106 Å². The molecule has 0 aliphatic heterocycles. The van der Waals surface area contributed by atoms with Gasteiger partial charge in [0.1, 0.15) is 35.6 Å². The third kappa shape index (κ3) is 22.8. The lowest BCUT2D eigenvalue weighted by molar-refractivity contribution is 0.319. The van der Waals surface area contributed by atoms with Gasteiger partial charge in [-0.2, -0.15) is 0 Å². The van der Waals surface area contributed by atoms with Crippen LogP contribution in [0.15, 0.2) is 64.2 Å². The summed E-state index contributed by atoms with van der Waals surface area (Å²) in [5, 5.41) is 12.0. The van der Waals surface area contributed by atoms with Gasteiger partial charge < -0.3 is 26.8 Å². The molecule has 0 unspecified atom stereocenters. The second kappa shape index (κ2) is 25.0. The minimum atomic E-state index is 0.00347. The Bertz CT molecular complexity index is 2210. The van der Waals surface area contributed by atoms with Gasteiger partial charge in [0, 0.05) is 71.3 Å². The van der Waals surface area contributed by atoms with Gasteiger partial charge in [-0.15, -0.1) is 0 Å². The smallest absolute Gasteiger partial charge is 0.199 e. The number of hydrogen-bond donors (Lipinski definition) is 0. The lowest BCUT2D eigenvalue weighted by atomic mass is 9.80. The van der Waals surface area contributed by atoms with E-state index < -0.39 is 0 Å². The van der Waals surface area contributed by atoms with Gasteiger partial charge in [-0.05, 0) is 10.8 Å². The van der Waals surface area contributed by atoms with E-state index in [1.165, 1.54) is 11.1 Å². The first-order valence-electron chi connectivity index (χ1n) is 28.1. The molecule has 0 saturated carbocycles. The topological polar surface area (TPSA) is 156 Å². The van der Waals surface area contributed by atoms with Crippen molar-refractivity contribution in [1.29, 1.82) is 0 Å². The van der Waals surface area contributed by atoms with Gasteiger partial charge in [0.2, 0.25) is 0 Å². The van der Waals surface area contributed by atoms with E-state index in [4.69, 9.17) is 26.8 Å². The zero-order chi connectivity index (χ0) is 61.7. The molecule has 0 aromatic carbocycles. The Morgan fingerprint density at radius 1 is 0.333 bits per heavy atom. The van der Waals surface area contributed by atoms with E-state index in [0.29, 0.717) is 0 Å². The second-order valence-corrected chi connectivity index (χ2v) is 33.3. The minimum Gasteiger partial charge on any atom is -0.448 e. The second-order valence-electron chi connectivity index (χ2n) is 33.3. The summed E-state index contributed by atoms with van der Waals surface area (Å²) < 4.78 is 32.3. The van der Waals surface area contributed by atoms with E-state index >= 15 is 0 Å². The monoisotopic (exact) mass is 1090 g/mol. The highest BCUT2D eigenvalue weighted by Gasteiger charge is 2.33.